The number of rotatable bonds is 5. The van der Waals surface area contributed by atoms with Crippen LogP contribution in [0, 0.1) is 5.92 Å². The molecule has 0 aromatic heterocycles. The van der Waals surface area contributed by atoms with E-state index in [0.29, 0.717) is 12.3 Å². The highest BCUT2D eigenvalue weighted by molar-refractivity contribution is 5.70. The summed E-state index contributed by atoms with van der Waals surface area (Å²) in [5.74, 6) is 0.403. The molecule has 1 saturated carbocycles. The average Bonchev–Trinajstić information content (AvgIpc) is 2.21. The summed E-state index contributed by atoms with van der Waals surface area (Å²) in [6, 6.07) is -0.0311. The zero-order valence-electron chi connectivity index (χ0n) is 10.6. The van der Waals surface area contributed by atoms with E-state index >= 15 is 0 Å². The molecule has 0 aliphatic heterocycles. The Morgan fingerprint density at radius 2 is 2.12 bits per heavy atom. The smallest absolute Gasteiger partial charge is 0.307 e. The molecule has 0 spiro atoms. The normalized spacial score (nSPS) is 27.4. The highest BCUT2D eigenvalue weighted by atomic mass is 16.5. The van der Waals surface area contributed by atoms with Crippen LogP contribution in [-0.4, -0.2) is 18.1 Å². The molecule has 3 heteroatoms. The monoisotopic (exact) mass is 227 g/mol. The van der Waals surface area contributed by atoms with Gasteiger partial charge in [0.1, 0.15) is 6.10 Å². The van der Waals surface area contributed by atoms with Crippen LogP contribution in [0.1, 0.15) is 58.8 Å². The number of ether oxygens (including phenoxy) is 1. The molecule has 16 heavy (non-hydrogen) atoms. The second-order valence-corrected chi connectivity index (χ2v) is 5.04. The van der Waals surface area contributed by atoms with Crippen LogP contribution in [0.15, 0.2) is 0 Å². The van der Waals surface area contributed by atoms with E-state index in [1.54, 1.807) is 0 Å². The fraction of sp³-hybridized carbons (Fsp3) is 0.923. The lowest BCUT2D eigenvalue weighted by Crippen LogP contribution is -2.31. The second kappa shape index (κ2) is 6.89. The van der Waals surface area contributed by atoms with E-state index < -0.39 is 0 Å². The standard InChI is InChI=1S/C13H25NO2/c1-3-6-11(14)9-13(15)16-12-8-5-4-7-10(12)2/h10-12H,3-9,14H2,1-2H3. The SMILES string of the molecule is CCCC(N)CC(=O)OC1CCCCC1C. The molecule has 0 amide bonds. The van der Waals surface area contributed by atoms with Crippen LogP contribution in [0.5, 0.6) is 0 Å². The molecule has 1 fully saturated rings. The van der Waals surface area contributed by atoms with Crippen molar-refractivity contribution in [3.05, 3.63) is 0 Å². The van der Waals surface area contributed by atoms with Gasteiger partial charge < -0.3 is 10.5 Å². The Labute approximate surface area is 98.7 Å². The molecule has 0 saturated heterocycles. The van der Waals surface area contributed by atoms with Crippen molar-refractivity contribution in [1.82, 2.24) is 0 Å². The van der Waals surface area contributed by atoms with Crippen molar-refractivity contribution in [3.8, 4) is 0 Å². The predicted molar refractivity (Wildman–Crippen MR) is 65.0 cm³/mol. The molecule has 1 aliphatic rings. The van der Waals surface area contributed by atoms with E-state index in [4.69, 9.17) is 10.5 Å². The van der Waals surface area contributed by atoms with Gasteiger partial charge in [-0.15, -0.1) is 0 Å². The van der Waals surface area contributed by atoms with E-state index in [0.717, 1.165) is 19.3 Å². The summed E-state index contributed by atoms with van der Waals surface area (Å²) in [6.45, 7) is 4.25. The topological polar surface area (TPSA) is 52.3 Å². The number of carbonyl (C=O) groups excluding carboxylic acids is 1. The lowest BCUT2D eigenvalue weighted by molar-refractivity contribution is -0.153. The van der Waals surface area contributed by atoms with E-state index in [-0.39, 0.29) is 18.1 Å². The number of esters is 1. The highest BCUT2D eigenvalue weighted by Crippen LogP contribution is 2.26. The molecule has 1 aliphatic carbocycles. The largest absolute Gasteiger partial charge is 0.462 e. The van der Waals surface area contributed by atoms with Gasteiger partial charge in [-0.25, -0.2) is 0 Å². The summed E-state index contributed by atoms with van der Waals surface area (Å²) in [5, 5.41) is 0. The molecule has 0 bridgehead atoms. The zero-order chi connectivity index (χ0) is 12.0. The third kappa shape index (κ3) is 4.52. The third-order valence-electron chi connectivity index (χ3n) is 3.40. The van der Waals surface area contributed by atoms with Gasteiger partial charge in [-0.3, -0.25) is 4.79 Å². The molecule has 0 aromatic carbocycles. The van der Waals surface area contributed by atoms with Crippen molar-refractivity contribution in [3.63, 3.8) is 0 Å². The molecular formula is C13H25NO2. The maximum atomic E-state index is 11.6. The van der Waals surface area contributed by atoms with E-state index in [1.807, 2.05) is 0 Å². The van der Waals surface area contributed by atoms with Gasteiger partial charge in [-0.2, -0.15) is 0 Å². The fourth-order valence-electron chi connectivity index (χ4n) is 2.36. The summed E-state index contributed by atoms with van der Waals surface area (Å²) in [4.78, 5) is 11.6. The molecule has 3 atom stereocenters. The van der Waals surface area contributed by atoms with Gasteiger partial charge >= 0.3 is 5.97 Å². The van der Waals surface area contributed by atoms with Crippen LogP contribution in [0.2, 0.25) is 0 Å². The van der Waals surface area contributed by atoms with Gasteiger partial charge in [0.2, 0.25) is 0 Å². The number of nitrogens with two attached hydrogens (primary N) is 1. The lowest BCUT2D eigenvalue weighted by Gasteiger charge is -2.28. The van der Waals surface area contributed by atoms with Gasteiger partial charge in [0.15, 0.2) is 0 Å². The van der Waals surface area contributed by atoms with Gasteiger partial charge in [0, 0.05) is 6.04 Å². The van der Waals surface area contributed by atoms with Gasteiger partial charge in [-0.1, -0.05) is 26.7 Å². The molecule has 2 N–H and O–H groups in total. The van der Waals surface area contributed by atoms with Crippen LogP contribution in [0.3, 0.4) is 0 Å². The van der Waals surface area contributed by atoms with Crippen molar-refractivity contribution < 1.29 is 9.53 Å². The van der Waals surface area contributed by atoms with Gasteiger partial charge in [0.05, 0.1) is 6.42 Å². The maximum absolute atomic E-state index is 11.6. The second-order valence-electron chi connectivity index (χ2n) is 5.04. The summed E-state index contributed by atoms with van der Waals surface area (Å²) < 4.78 is 5.50. The van der Waals surface area contributed by atoms with Crippen molar-refractivity contribution >= 4 is 5.97 Å². The minimum absolute atomic E-state index is 0.0311. The quantitative estimate of drug-likeness (QED) is 0.735. The molecule has 0 heterocycles. The van der Waals surface area contributed by atoms with Crippen LogP contribution in [0.4, 0.5) is 0 Å². The first-order valence-electron chi connectivity index (χ1n) is 6.58. The fourth-order valence-corrected chi connectivity index (χ4v) is 2.36. The summed E-state index contributed by atoms with van der Waals surface area (Å²) >= 11 is 0. The Hall–Kier alpha value is -0.570. The summed E-state index contributed by atoms with van der Waals surface area (Å²) in [5.41, 5.74) is 5.82. The van der Waals surface area contributed by atoms with Crippen molar-refractivity contribution in [1.29, 1.82) is 0 Å². The van der Waals surface area contributed by atoms with Gasteiger partial charge in [0.25, 0.3) is 0 Å². The number of carbonyl (C=O) groups is 1. The molecule has 3 unspecified atom stereocenters. The van der Waals surface area contributed by atoms with E-state index in [9.17, 15) is 4.79 Å². The molecule has 3 nitrogen and oxygen atoms in total. The number of hydrogen-bond acceptors (Lipinski definition) is 3. The maximum Gasteiger partial charge on any atom is 0.307 e. The van der Waals surface area contributed by atoms with Crippen LogP contribution >= 0.6 is 0 Å². The van der Waals surface area contributed by atoms with Crippen molar-refractivity contribution in [2.24, 2.45) is 11.7 Å². The van der Waals surface area contributed by atoms with E-state index in [1.165, 1.54) is 19.3 Å². The Bertz CT molecular complexity index is 218. The molecule has 1 rings (SSSR count). The van der Waals surface area contributed by atoms with Gasteiger partial charge in [-0.05, 0) is 31.6 Å². The zero-order valence-corrected chi connectivity index (χ0v) is 10.6. The highest BCUT2D eigenvalue weighted by Gasteiger charge is 2.25. The van der Waals surface area contributed by atoms with E-state index in [2.05, 4.69) is 13.8 Å². The third-order valence-corrected chi connectivity index (χ3v) is 3.40. The Morgan fingerprint density at radius 3 is 2.75 bits per heavy atom. The Balaban J connectivity index is 2.27. The predicted octanol–water partition coefficient (Wildman–Crippen LogP) is 2.63. The first kappa shape index (κ1) is 13.5. The number of hydrogen-bond donors (Lipinski definition) is 1. The van der Waals surface area contributed by atoms with Crippen molar-refractivity contribution in [2.75, 3.05) is 0 Å². The first-order chi connectivity index (χ1) is 7.63. The van der Waals surface area contributed by atoms with Crippen LogP contribution < -0.4 is 5.73 Å². The van der Waals surface area contributed by atoms with Crippen molar-refractivity contribution in [2.45, 2.75) is 70.9 Å². The minimum Gasteiger partial charge on any atom is -0.462 e. The minimum atomic E-state index is -0.111. The average molecular weight is 227 g/mol. The molecular weight excluding hydrogens is 202 g/mol. The first-order valence-corrected chi connectivity index (χ1v) is 6.58. The van der Waals surface area contributed by atoms with Crippen LogP contribution in [0.25, 0.3) is 0 Å². The molecule has 0 aromatic rings. The Kier molecular flexibility index (Phi) is 5.81. The summed E-state index contributed by atoms with van der Waals surface area (Å²) in [6.07, 6.45) is 7.08. The molecule has 94 valence electrons. The summed E-state index contributed by atoms with van der Waals surface area (Å²) in [7, 11) is 0. The lowest BCUT2D eigenvalue weighted by atomic mass is 9.88. The Morgan fingerprint density at radius 1 is 1.44 bits per heavy atom. The van der Waals surface area contributed by atoms with Crippen LogP contribution in [-0.2, 0) is 9.53 Å². The molecule has 0 radical (unpaired) electrons.